The summed E-state index contributed by atoms with van der Waals surface area (Å²) in [5.41, 5.74) is 0. The topological polar surface area (TPSA) is 41.6 Å². The largest absolute Gasteiger partial charge is 0.411 e. The monoisotopic (exact) mass is 310 g/mol. The SMILES string of the molecule is CCCCN(CC1CCCN1)C(=O)CCOCC(F)(F)F. The van der Waals surface area contributed by atoms with E-state index >= 15 is 0 Å². The molecule has 1 unspecified atom stereocenters. The standard InChI is InChI=1S/C14H25F3N2O2/c1-2-3-8-19(10-12-5-4-7-18-12)13(20)6-9-21-11-14(15,16)17/h12,18H,2-11H2,1H3. The second kappa shape index (κ2) is 9.25. The molecule has 1 saturated heterocycles. The number of unbranched alkanes of at least 4 members (excludes halogenated alkanes) is 1. The molecule has 0 aromatic heterocycles. The van der Waals surface area contributed by atoms with Gasteiger partial charge < -0.3 is 15.0 Å². The molecule has 21 heavy (non-hydrogen) atoms. The molecule has 7 heteroatoms. The molecule has 0 radical (unpaired) electrons. The van der Waals surface area contributed by atoms with Crippen LogP contribution in [0.3, 0.4) is 0 Å². The van der Waals surface area contributed by atoms with Crippen LogP contribution in [-0.4, -0.2) is 55.9 Å². The molecule has 124 valence electrons. The van der Waals surface area contributed by atoms with Gasteiger partial charge in [0.05, 0.1) is 13.0 Å². The van der Waals surface area contributed by atoms with Crippen LogP contribution in [0.1, 0.15) is 39.0 Å². The number of rotatable bonds is 9. The fraction of sp³-hybridized carbons (Fsp3) is 0.929. The quantitative estimate of drug-likeness (QED) is 0.665. The zero-order valence-electron chi connectivity index (χ0n) is 12.5. The van der Waals surface area contributed by atoms with Gasteiger partial charge in [-0.2, -0.15) is 13.2 Å². The number of ether oxygens (including phenoxy) is 1. The van der Waals surface area contributed by atoms with E-state index in [-0.39, 0.29) is 18.9 Å². The molecule has 1 heterocycles. The first kappa shape index (κ1) is 18.2. The van der Waals surface area contributed by atoms with Crippen LogP contribution in [0.25, 0.3) is 0 Å². The Morgan fingerprint density at radius 3 is 2.76 bits per heavy atom. The van der Waals surface area contributed by atoms with E-state index < -0.39 is 12.8 Å². The van der Waals surface area contributed by atoms with Gasteiger partial charge in [0.25, 0.3) is 0 Å². The van der Waals surface area contributed by atoms with Crippen molar-refractivity contribution in [3.05, 3.63) is 0 Å². The lowest BCUT2D eigenvalue weighted by Gasteiger charge is -2.26. The van der Waals surface area contributed by atoms with Crippen molar-refractivity contribution in [2.45, 2.75) is 51.2 Å². The Morgan fingerprint density at radius 2 is 2.19 bits per heavy atom. The molecule has 1 atom stereocenters. The summed E-state index contributed by atoms with van der Waals surface area (Å²) >= 11 is 0. The van der Waals surface area contributed by atoms with Crippen molar-refractivity contribution in [3.8, 4) is 0 Å². The van der Waals surface area contributed by atoms with Crippen LogP contribution in [0.5, 0.6) is 0 Å². The van der Waals surface area contributed by atoms with Crippen molar-refractivity contribution in [3.63, 3.8) is 0 Å². The van der Waals surface area contributed by atoms with Crippen molar-refractivity contribution in [2.75, 3.05) is 32.8 Å². The van der Waals surface area contributed by atoms with Crippen LogP contribution >= 0.6 is 0 Å². The van der Waals surface area contributed by atoms with Gasteiger partial charge in [0.15, 0.2) is 0 Å². The number of alkyl halides is 3. The highest BCUT2D eigenvalue weighted by molar-refractivity contribution is 5.76. The van der Waals surface area contributed by atoms with Gasteiger partial charge in [-0.3, -0.25) is 4.79 Å². The molecular weight excluding hydrogens is 285 g/mol. The third-order valence-corrected chi connectivity index (χ3v) is 3.46. The first-order valence-corrected chi connectivity index (χ1v) is 7.58. The number of halogens is 3. The van der Waals surface area contributed by atoms with E-state index in [0.717, 1.165) is 32.2 Å². The molecule has 1 aliphatic rings. The lowest BCUT2D eigenvalue weighted by Crippen LogP contribution is -2.42. The highest BCUT2D eigenvalue weighted by atomic mass is 19.4. The first-order valence-electron chi connectivity index (χ1n) is 7.58. The second-order valence-electron chi connectivity index (χ2n) is 5.40. The molecule has 0 aromatic rings. The third kappa shape index (κ3) is 8.26. The molecular formula is C14H25F3N2O2. The second-order valence-corrected chi connectivity index (χ2v) is 5.40. The van der Waals surface area contributed by atoms with Gasteiger partial charge >= 0.3 is 6.18 Å². The Morgan fingerprint density at radius 1 is 1.43 bits per heavy atom. The summed E-state index contributed by atoms with van der Waals surface area (Å²) in [4.78, 5) is 13.9. The Balaban J connectivity index is 2.32. The summed E-state index contributed by atoms with van der Waals surface area (Å²) in [5, 5.41) is 3.33. The summed E-state index contributed by atoms with van der Waals surface area (Å²) in [6.07, 6.45) is -0.296. The average Bonchev–Trinajstić information content (AvgIpc) is 2.91. The Hall–Kier alpha value is -0.820. The molecule has 0 saturated carbocycles. The lowest BCUT2D eigenvalue weighted by molar-refractivity contribution is -0.175. The van der Waals surface area contributed by atoms with E-state index in [2.05, 4.69) is 10.1 Å². The number of carbonyl (C=O) groups excluding carboxylic acids is 1. The predicted molar refractivity (Wildman–Crippen MR) is 74.0 cm³/mol. The van der Waals surface area contributed by atoms with Crippen LogP contribution in [0.15, 0.2) is 0 Å². The van der Waals surface area contributed by atoms with Gasteiger partial charge in [0.2, 0.25) is 5.91 Å². The zero-order chi connectivity index (χ0) is 15.7. The van der Waals surface area contributed by atoms with Crippen molar-refractivity contribution in [1.82, 2.24) is 10.2 Å². The first-order chi connectivity index (χ1) is 9.92. The molecule has 1 fully saturated rings. The van der Waals surface area contributed by atoms with Crippen LogP contribution < -0.4 is 5.32 Å². The highest BCUT2D eigenvalue weighted by Crippen LogP contribution is 2.14. The van der Waals surface area contributed by atoms with Crippen LogP contribution in [0.2, 0.25) is 0 Å². The predicted octanol–water partition coefficient (Wildman–Crippen LogP) is 2.34. The maximum Gasteiger partial charge on any atom is 0.411 e. The molecule has 0 aliphatic carbocycles. The van der Waals surface area contributed by atoms with E-state index in [4.69, 9.17) is 0 Å². The van der Waals surface area contributed by atoms with Gasteiger partial charge in [0, 0.05) is 19.1 Å². The number of carbonyl (C=O) groups is 1. The fourth-order valence-electron chi connectivity index (χ4n) is 2.35. The Bertz CT molecular complexity index is 305. The van der Waals surface area contributed by atoms with Crippen molar-refractivity contribution >= 4 is 5.91 Å². The number of nitrogens with one attached hydrogen (secondary N) is 1. The Kier molecular flexibility index (Phi) is 8.03. The van der Waals surface area contributed by atoms with E-state index in [1.165, 1.54) is 0 Å². The Labute approximate surface area is 124 Å². The molecule has 1 amide bonds. The molecule has 1 rings (SSSR count). The summed E-state index contributed by atoms with van der Waals surface area (Å²) in [6, 6.07) is 0.307. The lowest BCUT2D eigenvalue weighted by atomic mass is 10.2. The normalized spacial score (nSPS) is 19.0. The highest BCUT2D eigenvalue weighted by Gasteiger charge is 2.27. The zero-order valence-corrected chi connectivity index (χ0v) is 12.5. The molecule has 0 bridgehead atoms. The third-order valence-electron chi connectivity index (χ3n) is 3.46. The van der Waals surface area contributed by atoms with Crippen LogP contribution in [-0.2, 0) is 9.53 Å². The maximum atomic E-state index is 12.1. The van der Waals surface area contributed by atoms with E-state index in [0.29, 0.717) is 19.1 Å². The van der Waals surface area contributed by atoms with E-state index in [9.17, 15) is 18.0 Å². The van der Waals surface area contributed by atoms with Crippen molar-refractivity contribution in [2.24, 2.45) is 0 Å². The summed E-state index contributed by atoms with van der Waals surface area (Å²) in [5.74, 6) is -0.126. The van der Waals surface area contributed by atoms with Gasteiger partial charge in [0.1, 0.15) is 6.61 Å². The van der Waals surface area contributed by atoms with Crippen molar-refractivity contribution in [1.29, 1.82) is 0 Å². The van der Waals surface area contributed by atoms with Crippen LogP contribution in [0, 0.1) is 0 Å². The maximum absolute atomic E-state index is 12.1. The average molecular weight is 310 g/mol. The number of amides is 1. The van der Waals surface area contributed by atoms with Crippen LogP contribution in [0.4, 0.5) is 13.2 Å². The minimum Gasteiger partial charge on any atom is -0.372 e. The number of nitrogens with zero attached hydrogens (tertiary/aromatic N) is 1. The molecule has 0 spiro atoms. The molecule has 4 nitrogen and oxygen atoms in total. The summed E-state index contributed by atoms with van der Waals surface area (Å²) < 4.78 is 40.3. The molecule has 1 N–H and O–H groups in total. The fourth-order valence-corrected chi connectivity index (χ4v) is 2.35. The summed E-state index contributed by atoms with van der Waals surface area (Å²) in [6.45, 7) is 2.83. The van der Waals surface area contributed by atoms with Gasteiger partial charge in [-0.1, -0.05) is 13.3 Å². The van der Waals surface area contributed by atoms with E-state index in [1.54, 1.807) is 4.90 Å². The van der Waals surface area contributed by atoms with E-state index in [1.807, 2.05) is 6.92 Å². The van der Waals surface area contributed by atoms with Gasteiger partial charge in [-0.15, -0.1) is 0 Å². The minimum absolute atomic E-state index is 0.00646. The molecule has 0 aromatic carbocycles. The van der Waals surface area contributed by atoms with Gasteiger partial charge in [-0.25, -0.2) is 0 Å². The minimum atomic E-state index is -4.33. The number of hydrogen-bond acceptors (Lipinski definition) is 3. The van der Waals surface area contributed by atoms with Crippen molar-refractivity contribution < 1.29 is 22.7 Å². The van der Waals surface area contributed by atoms with Gasteiger partial charge in [-0.05, 0) is 25.8 Å². The summed E-state index contributed by atoms with van der Waals surface area (Å²) in [7, 11) is 0. The number of hydrogen-bond donors (Lipinski definition) is 1. The smallest absolute Gasteiger partial charge is 0.372 e. The molecule has 1 aliphatic heterocycles.